The van der Waals surface area contributed by atoms with Crippen LogP contribution < -0.4 is 10.1 Å². The Hall–Kier alpha value is -2.89. The summed E-state index contributed by atoms with van der Waals surface area (Å²) in [5.74, 6) is 1.13. The molecule has 1 aliphatic heterocycles. The maximum atomic E-state index is 12.7. The zero-order chi connectivity index (χ0) is 19.9. The third-order valence-corrected chi connectivity index (χ3v) is 5.24. The molecule has 2 aromatic rings. The number of pyridine rings is 1. The van der Waals surface area contributed by atoms with Crippen LogP contribution in [-0.2, 0) is 16.0 Å². The molecule has 1 fully saturated rings. The van der Waals surface area contributed by atoms with Crippen LogP contribution in [0.15, 0.2) is 48.7 Å². The highest BCUT2D eigenvalue weighted by Crippen LogP contribution is 2.30. The van der Waals surface area contributed by atoms with Crippen LogP contribution in [0.25, 0.3) is 0 Å². The number of piperidine rings is 1. The molecule has 0 spiro atoms. The lowest BCUT2D eigenvalue weighted by atomic mass is 9.87. The Labute approximate surface area is 165 Å². The number of nitrogens with zero attached hydrogens (tertiary/aromatic N) is 2. The van der Waals surface area contributed by atoms with Crippen molar-refractivity contribution in [3.05, 3.63) is 59.9 Å². The topological polar surface area (TPSA) is 71.5 Å². The average molecular weight is 381 g/mol. The summed E-state index contributed by atoms with van der Waals surface area (Å²) >= 11 is 0. The van der Waals surface area contributed by atoms with E-state index in [1.807, 2.05) is 47.4 Å². The van der Waals surface area contributed by atoms with Gasteiger partial charge in [-0.25, -0.2) is 0 Å². The van der Waals surface area contributed by atoms with Crippen molar-refractivity contribution in [1.82, 2.24) is 15.2 Å². The molecule has 1 unspecified atom stereocenters. The molecule has 2 amide bonds. The SMILES string of the molecule is COc1ccc(CC(=O)N2CCC(C(NC(C)=O)c3ccccn3)CC2)cc1. The van der Waals surface area contributed by atoms with Crippen LogP contribution in [0, 0.1) is 5.92 Å². The largest absolute Gasteiger partial charge is 0.497 e. The molecule has 1 aromatic carbocycles. The van der Waals surface area contributed by atoms with Crippen molar-refractivity contribution in [2.24, 2.45) is 5.92 Å². The number of carbonyl (C=O) groups is 2. The van der Waals surface area contributed by atoms with Crippen LogP contribution in [0.2, 0.25) is 0 Å². The summed E-state index contributed by atoms with van der Waals surface area (Å²) in [6.07, 6.45) is 3.83. The molecule has 1 atom stereocenters. The third kappa shape index (κ3) is 5.09. The lowest BCUT2D eigenvalue weighted by Gasteiger charge is -2.36. The molecular formula is C22H27N3O3. The maximum Gasteiger partial charge on any atom is 0.226 e. The predicted octanol–water partition coefficient (Wildman–Crippen LogP) is 2.75. The van der Waals surface area contributed by atoms with Gasteiger partial charge in [0.05, 0.1) is 25.3 Å². The second kappa shape index (κ2) is 9.35. The molecule has 1 N–H and O–H groups in total. The van der Waals surface area contributed by atoms with Crippen LogP contribution >= 0.6 is 0 Å². The van der Waals surface area contributed by atoms with E-state index in [0.29, 0.717) is 19.5 Å². The van der Waals surface area contributed by atoms with Crippen molar-refractivity contribution in [2.45, 2.75) is 32.2 Å². The monoisotopic (exact) mass is 381 g/mol. The Morgan fingerprint density at radius 3 is 2.46 bits per heavy atom. The second-order valence-electron chi connectivity index (χ2n) is 7.18. The molecule has 0 aliphatic carbocycles. The van der Waals surface area contributed by atoms with E-state index in [2.05, 4.69) is 10.3 Å². The molecule has 2 heterocycles. The number of amides is 2. The number of aromatic nitrogens is 1. The van der Waals surface area contributed by atoms with Gasteiger partial charge in [-0.3, -0.25) is 14.6 Å². The molecule has 28 heavy (non-hydrogen) atoms. The molecular weight excluding hydrogens is 354 g/mol. The third-order valence-electron chi connectivity index (χ3n) is 5.24. The highest BCUT2D eigenvalue weighted by molar-refractivity contribution is 5.79. The van der Waals surface area contributed by atoms with Crippen molar-refractivity contribution in [1.29, 1.82) is 0 Å². The van der Waals surface area contributed by atoms with Gasteiger partial charge in [0.1, 0.15) is 5.75 Å². The Balaban J connectivity index is 1.58. The van der Waals surface area contributed by atoms with Gasteiger partial charge in [-0.1, -0.05) is 18.2 Å². The van der Waals surface area contributed by atoms with Gasteiger partial charge in [0.2, 0.25) is 11.8 Å². The van der Waals surface area contributed by atoms with E-state index < -0.39 is 0 Å². The molecule has 1 aliphatic rings. The van der Waals surface area contributed by atoms with Crippen LogP contribution in [0.1, 0.15) is 37.1 Å². The highest BCUT2D eigenvalue weighted by Gasteiger charge is 2.30. The lowest BCUT2D eigenvalue weighted by Crippen LogP contribution is -2.43. The van der Waals surface area contributed by atoms with Crippen molar-refractivity contribution >= 4 is 11.8 Å². The summed E-state index contributed by atoms with van der Waals surface area (Å²) in [7, 11) is 1.63. The van der Waals surface area contributed by atoms with Crippen LogP contribution in [0.3, 0.4) is 0 Å². The zero-order valence-corrected chi connectivity index (χ0v) is 16.4. The minimum atomic E-state index is -0.113. The maximum absolute atomic E-state index is 12.7. The fourth-order valence-electron chi connectivity index (χ4n) is 3.72. The minimum absolute atomic E-state index is 0.0614. The Bertz CT molecular complexity index is 784. The molecule has 0 saturated carbocycles. The Kier molecular flexibility index (Phi) is 6.63. The Morgan fingerprint density at radius 1 is 1.18 bits per heavy atom. The number of nitrogens with one attached hydrogen (secondary N) is 1. The number of carbonyl (C=O) groups excluding carboxylic acids is 2. The molecule has 6 nitrogen and oxygen atoms in total. The molecule has 0 radical (unpaired) electrons. The summed E-state index contributed by atoms with van der Waals surface area (Å²) in [4.78, 5) is 30.7. The standard InChI is InChI=1S/C22H27N3O3/c1-16(26)24-22(20-5-3-4-12-23-20)18-10-13-25(14-11-18)21(27)15-17-6-8-19(28-2)9-7-17/h3-9,12,18,22H,10-11,13-15H2,1-2H3,(H,24,26). The first-order valence-electron chi connectivity index (χ1n) is 9.65. The summed E-state index contributed by atoms with van der Waals surface area (Å²) < 4.78 is 5.16. The number of hydrogen-bond acceptors (Lipinski definition) is 4. The van der Waals surface area contributed by atoms with Crippen LogP contribution in [-0.4, -0.2) is 41.9 Å². The number of benzene rings is 1. The predicted molar refractivity (Wildman–Crippen MR) is 107 cm³/mol. The number of rotatable bonds is 6. The summed E-state index contributed by atoms with van der Waals surface area (Å²) in [6, 6.07) is 13.2. The van der Waals surface area contributed by atoms with Gasteiger partial charge in [0, 0.05) is 26.2 Å². The lowest BCUT2D eigenvalue weighted by molar-refractivity contribution is -0.132. The Morgan fingerprint density at radius 2 is 1.89 bits per heavy atom. The van der Waals surface area contributed by atoms with E-state index in [1.165, 1.54) is 6.92 Å². The minimum Gasteiger partial charge on any atom is -0.497 e. The fraction of sp³-hybridized carbons (Fsp3) is 0.409. The molecule has 6 heteroatoms. The van der Waals surface area contributed by atoms with Gasteiger partial charge < -0.3 is 15.0 Å². The normalized spacial score (nSPS) is 15.7. The van der Waals surface area contributed by atoms with Gasteiger partial charge >= 0.3 is 0 Å². The van der Waals surface area contributed by atoms with Crippen molar-refractivity contribution < 1.29 is 14.3 Å². The van der Waals surface area contributed by atoms with Crippen LogP contribution in [0.5, 0.6) is 5.75 Å². The quantitative estimate of drug-likeness (QED) is 0.835. The summed E-state index contributed by atoms with van der Waals surface area (Å²) in [5.41, 5.74) is 1.86. The first-order chi connectivity index (χ1) is 13.6. The first kappa shape index (κ1) is 19.9. The summed E-state index contributed by atoms with van der Waals surface area (Å²) in [5, 5.41) is 3.04. The van der Waals surface area contributed by atoms with Gasteiger partial charge in [0.15, 0.2) is 0 Å². The smallest absolute Gasteiger partial charge is 0.226 e. The van der Waals surface area contributed by atoms with E-state index in [1.54, 1.807) is 13.3 Å². The highest BCUT2D eigenvalue weighted by atomic mass is 16.5. The van der Waals surface area contributed by atoms with Crippen molar-refractivity contribution in [3.8, 4) is 5.75 Å². The van der Waals surface area contributed by atoms with E-state index in [0.717, 1.165) is 29.8 Å². The first-order valence-corrected chi connectivity index (χ1v) is 9.65. The van der Waals surface area contributed by atoms with E-state index in [9.17, 15) is 9.59 Å². The number of methoxy groups -OCH3 is 1. The van der Waals surface area contributed by atoms with E-state index in [4.69, 9.17) is 4.74 Å². The van der Waals surface area contributed by atoms with Crippen LogP contribution in [0.4, 0.5) is 0 Å². The average Bonchev–Trinajstić information content (AvgIpc) is 2.73. The van der Waals surface area contributed by atoms with Crippen molar-refractivity contribution in [2.75, 3.05) is 20.2 Å². The second-order valence-corrected chi connectivity index (χ2v) is 7.18. The fourth-order valence-corrected chi connectivity index (χ4v) is 3.72. The number of likely N-dealkylation sites (tertiary alicyclic amines) is 1. The van der Waals surface area contributed by atoms with Gasteiger partial charge in [0.25, 0.3) is 0 Å². The molecule has 1 aromatic heterocycles. The van der Waals surface area contributed by atoms with E-state index in [-0.39, 0.29) is 23.8 Å². The van der Waals surface area contributed by atoms with Gasteiger partial charge in [-0.2, -0.15) is 0 Å². The summed E-state index contributed by atoms with van der Waals surface area (Å²) in [6.45, 7) is 2.93. The van der Waals surface area contributed by atoms with Gasteiger partial charge in [-0.15, -0.1) is 0 Å². The van der Waals surface area contributed by atoms with Gasteiger partial charge in [-0.05, 0) is 48.6 Å². The molecule has 3 rings (SSSR count). The van der Waals surface area contributed by atoms with Crippen molar-refractivity contribution in [3.63, 3.8) is 0 Å². The van der Waals surface area contributed by atoms with E-state index >= 15 is 0 Å². The molecule has 1 saturated heterocycles. The zero-order valence-electron chi connectivity index (χ0n) is 16.4. The molecule has 0 bridgehead atoms. The number of ether oxygens (including phenoxy) is 1. The number of hydrogen-bond donors (Lipinski definition) is 1. The molecule has 148 valence electrons.